The Bertz CT molecular complexity index is 742. The summed E-state index contributed by atoms with van der Waals surface area (Å²) in [4.78, 5) is 22.5. The molecule has 0 aliphatic carbocycles. The summed E-state index contributed by atoms with van der Waals surface area (Å²) >= 11 is 0. The van der Waals surface area contributed by atoms with E-state index in [0.29, 0.717) is 6.54 Å². The molecule has 2 aliphatic rings. The fraction of sp³-hybridized carbons (Fsp3) is 0.480. The molecule has 30 heavy (non-hydrogen) atoms. The van der Waals surface area contributed by atoms with E-state index in [9.17, 15) is 4.79 Å². The molecule has 1 amide bonds. The molecule has 0 aromatic heterocycles. The number of anilines is 2. The van der Waals surface area contributed by atoms with Crippen LogP contribution < -0.4 is 4.90 Å². The van der Waals surface area contributed by atoms with Crippen molar-refractivity contribution in [2.24, 2.45) is 5.92 Å². The number of benzene rings is 2. The topological polar surface area (TPSA) is 30.0 Å². The van der Waals surface area contributed by atoms with Crippen LogP contribution in [-0.4, -0.2) is 80.0 Å². The summed E-state index contributed by atoms with van der Waals surface area (Å²) in [6.07, 6.45) is 2.64. The molecule has 5 nitrogen and oxygen atoms in total. The van der Waals surface area contributed by atoms with Crippen LogP contribution in [0.4, 0.5) is 11.4 Å². The van der Waals surface area contributed by atoms with Crippen molar-refractivity contribution in [3.05, 3.63) is 60.7 Å². The summed E-state index contributed by atoms with van der Waals surface area (Å²) in [6, 6.07) is 19.9. The second-order valence-electron chi connectivity index (χ2n) is 8.72. The van der Waals surface area contributed by atoms with Crippen molar-refractivity contribution in [3.8, 4) is 0 Å². The molecule has 0 radical (unpaired) electrons. The number of piperazine rings is 1. The fourth-order valence-electron chi connectivity index (χ4n) is 4.59. The van der Waals surface area contributed by atoms with Crippen LogP contribution in [0.1, 0.15) is 12.8 Å². The van der Waals surface area contributed by atoms with Gasteiger partial charge in [0.25, 0.3) is 0 Å². The van der Waals surface area contributed by atoms with Crippen molar-refractivity contribution in [3.63, 3.8) is 0 Å². The van der Waals surface area contributed by atoms with E-state index in [2.05, 4.69) is 21.7 Å². The Morgan fingerprint density at radius 1 is 0.800 bits per heavy atom. The minimum absolute atomic E-state index is 0.135. The predicted octanol–water partition coefficient (Wildman–Crippen LogP) is 3.31. The monoisotopic (exact) mass is 406 g/mol. The summed E-state index contributed by atoms with van der Waals surface area (Å²) in [5, 5.41) is 0. The minimum atomic E-state index is 0.135. The van der Waals surface area contributed by atoms with Crippen LogP contribution in [0.15, 0.2) is 60.7 Å². The zero-order valence-electron chi connectivity index (χ0n) is 18.1. The van der Waals surface area contributed by atoms with Gasteiger partial charge in [-0.3, -0.25) is 14.6 Å². The van der Waals surface area contributed by atoms with Gasteiger partial charge in [0.1, 0.15) is 0 Å². The number of nitrogens with zero attached hydrogens (tertiary/aromatic N) is 4. The van der Waals surface area contributed by atoms with Gasteiger partial charge in [-0.05, 0) is 63.2 Å². The third-order valence-electron chi connectivity index (χ3n) is 6.46. The number of carbonyl (C=O) groups excluding carboxylic acids is 1. The van der Waals surface area contributed by atoms with Gasteiger partial charge in [-0.25, -0.2) is 0 Å². The van der Waals surface area contributed by atoms with Gasteiger partial charge < -0.3 is 9.80 Å². The molecule has 160 valence electrons. The van der Waals surface area contributed by atoms with Crippen molar-refractivity contribution in [1.29, 1.82) is 0 Å². The summed E-state index contributed by atoms with van der Waals surface area (Å²) < 4.78 is 0. The molecule has 2 aliphatic heterocycles. The van der Waals surface area contributed by atoms with E-state index in [0.717, 1.165) is 43.5 Å². The average Bonchev–Trinajstić information content (AvgIpc) is 2.78. The largest absolute Gasteiger partial charge is 0.306 e. The van der Waals surface area contributed by atoms with Crippen LogP contribution in [0, 0.1) is 5.92 Å². The number of hydrogen-bond acceptors (Lipinski definition) is 4. The number of para-hydroxylation sites is 2. The number of carbonyl (C=O) groups is 1. The quantitative estimate of drug-likeness (QED) is 0.736. The second-order valence-corrected chi connectivity index (χ2v) is 8.72. The first kappa shape index (κ1) is 21.0. The molecule has 0 N–H and O–H groups in total. The number of amides is 1. The highest BCUT2D eigenvalue weighted by Gasteiger charge is 2.25. The van der Waals surface area contributed by atoms with Crippen molar-refractivity contribution < 1.29 is 4.79 Å². The van der Waals surface area contributed by atoms with Crippen molar-refractivity contribution >= 4 is 17.3 Å². The Hall–Kier alpha value is -2.21. The maximum atomic E-state index is 13.3. The Balaban J connectivity index is 1.33. The average molecular weight is 407 g/mol. The zero-order valence-corrected chi connectivity index (χ0v) is 18.1. The molecule has 4 rings (SSSR count). The standard InChI is InChI=1S/C25H34N4O/c1-26-14-12-22(13-15-26)20-27-16-18-28(19-17-27)21-25(30)29(23-8-4-2-5-9-23)24-10-6-3-7-11-24/h2-11,22H,12-21H2,1H3. The molecule has 2 aromatic carbocycles. The van der Waals surface area contributed by atoms with Crippen molar-refractivity contribution in [2.75, 3.05) is 64.3 Å². The van der Waals surface area contributed by atoms with Gasteiger partial charge in [-0.15, -0.1) is 0 Å². The van der Waals surface area contributed by atoms with Gasteiger partial charge in [0.05, 0.1) is 6.54 Å². The number of hydrogen-bond donors (Lipinski definition) is 0. The van der Waals surface area contributed by atoms with E-state index in [4.69, 9.17) is 0 Å². The Kier molecular flexibility index (Phi) is 7.16. The zero-order chi connectivity index (χ0) is 20.8. The Labute approximate surface area is 180 Å². The van der Waals surface area contributed by atoms with Crippen molar-refractivity contribution in [1.82, 2.24) is 14.7 Å². The molecule has 2 saturated heterocycles. The maximum absolute atomic E-state index is 13.3. The van der Waals surface area contributed by atoms with Crippen LogP contribution in [0.2, 0.25) is 0 Å². The van der Waals surface area contributed by atoms with Gasteiger partial charge in [-0.2, -0.15) is 0 Å². The summed E-state index contributed by atoms with van der Waals surface area (Å²) in [5.74, 6) is 0.970. The predicted molar refractivity (Wildman–Crippen MR) is 123 cm³/mol. The molecule has 2 fully saturated rings. The highest BCUT2D eigenvalue weighted by Crippen LogP contribution is 2.25. The van der Waals surface area contributed by atoms with E-state index in [1.54, 1.807) is 0 Å². The molecule has 2 aromatic rings. The SMILES string of the molecule is CN1CCC(CN2CCN(CC(=O)N(c3ccccc3)c3ccccc3)CC2)CC1. The molecule has 0 bridgehead atoms. The van der Waals surface area contributed by atoms with E-state index >= 15 is 0 Å². The maximum Gasteiger partial charge on any atom is 0.245 e. The molecule has 0 unspecified atom stereocenters. The number of likely N-dealkylation sites (tertiary alicyclic amines) is 1. The van der Waals surface area contributed by atoms with Gasteiger partial charge in [0.2, 0.25) is 5.91 Å². The highest BCUT2D eigenvalue weighted by molar-refractivity contribution is 6.01. The summed E-state index contributed by atoms with van der Waals surface area (Å²) in [5.41, 5.74) is 1.85. The van der Waals surface area contributed by atoms with E-state index in [1.165, 1.54) is 32.5 Å². The lowest BCUT2D eigenvalue weighted by Gasteiger charge is -2.38. The third-order valence-corrected chi connectivity index (χ3v) is 6.46. The van der Waals surface area contributed by atoms with E-state index in [-0.39, 0.29) is 5.91 Å². The first-order chi connectivity index (χ1) is 14.7. The smallest absolute Gasteiger partial charge is 0.245 e. The first-order valence-electron chi connectivity index (χ1n) is 11.3. The highest BCUT2D eigenvalue weighted by atomic mass is 16.2. The number of rotatable bonds is 6. The lowest BCUT2D eigenvalue weighted by Crippen LogP contribution is -2.51. The molecule has 2 heterocycles. The summed E-state index contributed by atoms with van der Waals surface area (Å²) in [7, 11) is 2.22. The van der Waals surface area contributed by atoms with Gasteiger partial charge in [0, 0.05) is 44.1 Å². The second kappa shape index (κ2) is 10.2. The molecule has 5 heteroatoms. The van der Waals surface area contributed by atoms with Crippen LogP contribution in [0.5, 0.6) is 0 Å². The third kappa shape index (κ3) is 5.48. The molecular weight excluding hydrogens is 372 g/mol. The van der Waals surface area contributed by atoms with Crippen LogP contribution in [0.25, 0.3) is 0 Å². The van der Waals surface area contributed by atoms with E-state index in [1.807, 2.05) is 65.6 Å². The van der Waals surface area contributed by atoms with Crippen LogP contribution in [-0.2, 0) is 4.79 Å². The normalized spacial score (nSPS) is 19.6. The molecule has 0 spiro atoms. The minimum Gasteiger partial charge on any atom is -0.306 e. The Morgan fingerprint density at radius 3 is 1.83 bits per heavy atom. The lowest BCUT2D eigenvalue weighted by atomic mass is 9.96. The first-order valence-corrected chi connectivity index (χ1v) is 11.3. The van der Waals surface area contributed by atoms with Gasteiger partial charge in [0.15, 0.2) is 0 Å². The molecule has 0 saturated carbocycles. The van der Waals surface area contributed by atoms with Gasteiger partial charge >= 0.3 is 0 Å². The van der Waals surface area contributed by atoms with Crippen LogP contribution in [0.3, 0.4) is 0 Å². The van der Waals surface area contributed by atoms with Crippen LogP contribution >= 0.6 is 0 Å². The molecular formula is C25H34N4O. The number of piperidine rings is 1. The summed E-state index contributed by atoms with van der Waals surface area (Å²) in [6.45, 7) is 8.21. The van der Waals surface area contributed by atoms with Crippen molar-refractivity contribution in [2.45, 2.75) is 12.8 Å². The Morgan fingerprint density at radius 2 is 1.30 bits per heavy atom. The molecule has 0 atom stereocenters. The van der Waals surface area contributed by atoms with E-state index < -0.39 is 0 Å². The fourth-order valence-corrected chi connectivity index (χ4v) is 4.59. The van der Waals surface area contributed by atoms with Gasteiger partial charge in [-0.1, -0.05) is 36.4 Å². The lowest BCUT2D eigenvalue weighted by molar-refractivity contribution is -0.119.